The van der Waals surface area contributed by atoms with Gasteiger partial charge in [-0.15, -0.1) is 0 Å². The Hall–Kier alpha value is -4.93. The van der Waals surface area contributed by atoms with Crippen molar-refractivity contribution in [3.05, 3.63) is 78.3 Å². The smallest absolute Gasteiger partial charge is 0.329 e. The maximum absolute atomic E-state index is 12.0. The highest BCUT2D eigenvalue weighted by molar-refractivity contribution is 6.40. The van der Waals surface area contributed by atoms with E-state index in [-0.39, 0.29) is 12.3 Å². The van der Waals surface area contributed by atoms with E-state index < -0.39 is 23.6 Å². The summed E-state index contributed by atoms with van der Waals surface area (Å²) in [6.07, 6.45) is 1.18. The minimum atomic E-state index is -0.995. The molecule has 0 unspecified atom stereocenters. The predicted molar refractivity (Wildman–Crippen MR) is 123 cm³/mol. The zero-order valence-corrected chi connectivity index (χ0v) is 18.0. The molecule has 4 N–H and O–H groups in total. The number of anilines is 2. The van der Waals surface area contributed by atoms with Crippen LogP contribution >= 0.6 is 0 Å². The van der Waals surface area contributed by atoms with Gasteiger partial charge in [0, 0.05) is 5.69 Å². The van der Waals surface area contributed by atoms with Crippen LogP contribution in [0.15, 0.2) is 76.2 Å². The standard InChI is InChI=1S/C23H21N5O6/c1-33-19-10-6-5-9-18(19)27-22(31)23(32)28-25-14-17-12-11-16(34-17)13-24-20(29)21(30)26-15-7-3-2-4-8-15/h2-12,14H,13H2,1H3,(H,24,29)(H,26,30)(H,27,31)(H,28,32)/b25-14+. The van der Waals surface area contributed by atoms with E-state index in [0.29, 0.717) is 22.9 Å². The summed E-state index contributed by atoms with van der Waals surface area (Å²) in [5, 5.41) is 11.0. The van der Waals surface area contributed by atoms with Crippen molar-refractivity contribution in [1.29, 1.82) is 0 Å². The summed E-state index contributed by atoms with van der Waals surface area (Å²) >= 11 is 0. The molecule has 0 saturated heterocycles. The fourth-order valence-corrected chi connectivity index (χ4v) is 2.65. The van der Waals surface area contributed by atoms with Crippen LogP contribution in [0.25, 0.3) is 0 Å². The minimum absolute atomic E-state index is 0.0391. The van der Waals surface area contributed by atoms with Crippen LogP contribution in [0.1, 0.15) is 11.5 Å². The van der Waals surface area contributed by atoms with Gasteiger partial charge in [-0.3, -0.25) is 19.2 Å². The highest BCUT2D eigenvalue weighted by Crippen LogP contribution is 2.22. The van der Waals surface area contributed by atoms with Gasteiger partial charge >= 0.3 is 23.6 Å². The van der Waals surface area contributed by atoms with Crippen LogP contribution in [0.3, 0.4) is 0 Å². The third-order valence-corrected chi connectivity index (χ3v) is 4.26. The number of ether oxygens (including phenoxy) is 1. The summed E-state index contributed by atoms with van der Waals surface area (Å²) in [7, 11) is 1.44. The van der Waals surface area contributed by atoms with Gasteiger partial charge in [0.05, 0.1) is 25.6 Å². The number of amides is 4. The molecule has 174 valence electrons. The monoisotopic (exact) mass is 463 g/mol. The van der Waals surface area contributed by atoms with E-state index in [1.807, 2.05) is 0 Å². The number of hydrogen-bond acceptors (Lipinski definition) is 7. The van der Waals surface area contributed by atoms with Gasteiger partial charge < -0.3 is 25.1 Å². The number of nitrogens with one attached hydrogen (secondary N) is 4. The van der Waals surface area contributed by atoms with E-state index in [9.17, 15) is 19.2 Å². The molecule has 0 aliphatic carbocycles. The Morgan fingerprint density at radius 1 is 0.853 bits per heavy atom. The summed E-state index contributed by atoms with van der Waals surface area (Å²) in [4.78, 5) is 47.7. The summed E-state index contributed by atoms with van der Waals surface area (Å²) in [6, 6.07) is 18.3. The molecule has 0 bridgehead atoms. The highest BCUT2D eigenvalue weighted by atomic mass is 16.5. The number of carbonyl (C=O) groups excluding carboxylic acids is 4. The minimum Gasteiger partial charge on any atom is -0.495 e. The van der Waals surface area contributed by atoms with Crippen LogP contribution < -0.4 is 26.1 Å². The summed E-state index contributed by atoms with van der Waals surface area (Å²) < 4.78 is 10.5. The Balaban J connectivity index is 1.44. The molecule has 0 spiro atoms. The summed E-state index contributed by atoms with van der Waals surface area (Å²) in [5.41, 5.74) is 2.92. The van der Waals surface area contributed by atoms with Crippen molar-refractivity contribution >= 4 is 41.2 Å². The fourth-order valence-electron chi connectivity index (χ4n) is 2.65. The molecule has 0 radical (unpaired) electrons. The van der Waals surface area contributed by atoms with Gasteiger partial charge in [-0.1, -0.05) is 30.3 Å². The molecule has 3 aromatic rings. The van der Waals surface area contributed by atoms with Crippen molar-refractivity contribution < 1.29 is 28.3 Å². The number of carbonyl (C=O) groups is 4. The SMILES string of the molecule is COc1ccccc1NC(=O)C(=O)N/N=C/c1ccc(CNC(=O)C(=O)Nc2ccccc2)o1. The second-order valence-corrected chi connectivity index (χ2v) is 6.66. The van der Waals surface area contributed by atoms with Gasteiger partial charge in [0.25, 0.3) is 0 Å². The van der Waals surface area contributed by atoms with Gasteiger partial charge in [-0.2, -0.15) is 5.10 Å². The molecule has 34 heavy (non-hydrogen) atoms. The van der Waals surface area contributed by atoms with Crippen molar-refractivity contribution in [1.82, 2.24) is 10.7 Å². The van der Waals surface area contributed by atoms with Crippen molar-refractivity contribution in [3.63, 3.8) is 0 Å². The van der Waals surface area contributed by atoms with E-state index >= 15 is 0 Å². The number of hydrazone groups is 1. The Morgan fingerprint density at radius 2 is 1.56 bits per heavy atom. The molecular weight excluding hydrogens is 442 g/mol. The number of furan rings is 1. The second-order valence-electron chi connectivity index (χ2n) is 6.66. The molecule has 0 aliphatic heterocycles. The van der Waals surface area contributed by atoms with Crippen molar-refractivity contribution in [2.75, 3.05) is 17.7 Å². The van der Waals surface area contributed by atoms with Crippen LogP contribution in [0, 0.1) is 0 Å². The molecule has 3 rings (SSSR count). The van der Waals surface area contributed by atoms with E-state index in [1.54, 1.807) is 60.7 Å². The van der Waals surface area contributed by atoms with Gasteiger partial charge in [-0.25, -0.2) is 5.43 Å². The normalized spacial score (nSPS) is 10.4. The van der Waals surface area contributed by atoms with Crippen molar-refractivity contribution in [3.8, 4) is 5.75 Å². The topological polar surface area (TPSA) is 151 Å². The number of hydrogen-bond donors (Lipinski definition) is 4. The Morgan fingerprint density at radius 3 is 2.32 bits per heavy atom. The molecule has 0 aliphatic rings. The fraction of sp³-hybridized carbons (Fsp3) is 0.0870. The van der Waals surface area contributed by atoms with Crippen LogP contribution in [-0.2, 0) is 25.7 Å². The third-order valence-electron chi connectivity index (χ3n) is 4.26. The average Bonchev–Trinajstić information content (AvgIpc) is 3.31. The van der Waals surface area contributed by atoms with Crippen LogP contribution in [0.5, 0.6) is 5.75 Å². The third kappa shape index (κ3) is 6.79. The largest absolute Gasteiger partial charge is 0.495 e. The van der Waals surface area contributed by atoms with E-state index in [4.69, 9.17) is 9.15 Å². The first-order valence-electron chi connectivity index (χ1n) is 9.96. The van der Waals surface area contributed by atoms with Gasteiger partial charge in [0.1, 0.15) is 17.3 Å². The Kier molecular flexibility index (Phi) is 8.11. The molecule has 11 nitrogen and oxygen atoms in total. The first-order chi connectivity index (χ1) is 16.5. The molecule has 1 heterocycles. The van der Waals surface area contributed by atoms with E-state index in [1.165, 1.54) is 19.4 Å². The first-order valence-corrected chi connectivity index (χ1v) is 9.96. The van der Waals surface area contributed by atoms with Crippen LogP contribution in [0.4, 0.5) is 11.4 Å². The predicted octanol–water partition coefficient (Wildman–Crippen LogP) is 1.63. The zero-order valence-electron chi connectivity index (χ0n) is 18.0. The maximum Gasteiger partial charge on any atom is 0.329 e. The number of benzene rings is 2. The number of para-hydroxylation sites is 3. The van der Waals surface area contributed by atoms with Crippen LogP contribution in [0.2, 0.25) is 0 Å². The van der Waals surface area contributed by atoms with E-state index in [2.05, 4.69) is 26.5 Å². The zero-order chi connectivity index (χ0) is 24.3. The lowest BCUT2D eigenvalue weighted by molar-refractivity contribution is -0.136. The quantitative estimate of drug-likeness (QED) is 0.238. The number of rotatable bonds is 7. The lowest BCUT2D eigenvalue weighted by Gasteiger charge is -2.08. The lowest BCUT2D eigenvalue weighted by Crippen LogP contribution is -2.34. The van der Waals surface area contributed by atoms with Gasteiger partial charge in [-0.05, 0) is 36.4 Å². The molecule has 1 aromatic heterocycles. The summed E-state index contributed by atoms with van der Waals surface area (Å²) in [6.45, 7) is -0.0391. The lowest BCUT2D eigenvalue weighted by atomic mass is 10.3. The van der Waals surface area contributed by atoms with Crippen molar-refractivity contribution in [2.24, 2.45) is 5.10 Å². The maximum atomic E-state index is 12.0. The number of nitrogens with zero attached hydrogens (tertiary/aromatic N) is 1. The van der Waals surface area contributed by atoms with E-state index in [0.717, 1.165) is 0 Å². The molecule has 0 saturated carbocycles. The van der Waals surface area contributed by atoms with Crippen LogP contribution in [-0.4, -0.2) is 37.0 Å². The Bertz CT molecular complexity index is 1210. The molecule has 11 heteroatoms. The highest BCUT2D eigenvalue weighted by Gasteiger charge is 2.16. The van der Waals surface area contributed by atoms with Gasteiger partial charge in [0.15, 0.2) is 0 Å². The molecule has 0 fully saturated rings. The number of methoxy groups -OCH3 is 1. The summed E-state index contributed by atoms with van der Waals surface area (Å²) in [5.74, 6) is -2.56. The molecular formula is C23H21N5O6. The molecule has 0 atom stereocenters. The molecule has 4 amide bonds. The first kappa shape index (κ1) is 23.7. The average molecular weight is 463 g/mol. The second kappa shape index (κ2) is 11.6. The molecule has 2 aromatic carbocycles. The van der Waals surface area contributed by atoms with Gasteiger partial charge in [0.2, 0.25) is 0 Å². The van der Waals surface area contributed by atoms with Crippen molar-refractivity contribution in [2.45, 2.75) is 6.54 Å². The Labute approximate surface area is 194 Å².